The third-order valence-corrected chi connectivity index (χ3v) is 4.92. The van der Waals surface area contributed by atoms with Gasteiger partial charge in [-0.05, 0) is 42.5 Å². The average molecular weight is 286 g/mol. The summed E-state index contributed by atoms with van der Waals surface area (Å²) in [5.41, 5.74) is 2.45. The minimum atomic E-state index is -0.0647. The number of rotatable bonds is 3. The van der Waals surface area contributed by atoms with Crippen molar-refractivity contribution in [2.24, 2.45) is 0 Å². The fourth-order valence-electron chi connectivity index (χ4n) is 1.44. The summed E-state index contributed by atoms with van der Waals surface area (Å²) in [5.74, 6) is -0.0647. The van der Waals surface area contributed by atoms with Gasteiger partial charge in [0, 0.05) is 11.4 Å². The van der Waals surface area contributed by atoms with E-state index in [2.05, 4.69) is 24.5 Å². The Kier molecular flexibility index (Phi) is 3.86. The van der Waals surface area contributed by atoms with E-state index < -0.39 is 0 Å². The number of nitrogens with one attached hydrogen (secondary N) is 1. The monoisotopic (exact) mass is 285 g/mol. The Labute approximate surface area is 113 Å². The number of thiophene rings is 2. The summed E-state index contributed by atoms with van der Waals surface area (Å²) in [5, 5.41) is 4.99. The quantitative estimate of drug-likeness (QED) is 0.907. The maximum atomic E-state index is 11.8. The van der Waals surface area contributed by atoms with E-state index in [0.29, 0.717) is 15.8 Å². The van der Waals surface area contributed by atoms with Crippen molar-refractivity contribution in [1.29, 1.82) is 0 Å². The summed E-state index contributed by atoms with van der Waals surface area (Å²) in [4.78, 5) is 13.7. The van der Waals surface area contributed by atoms with Gasteiger partial charge in [-0.1, -0.05) is 11.6 Å². The second-order valence-corrected chi connectivity index (χ2v) is 6.53. The molecule has 0 aliphatic heterocycles. The van der Waals surface area contributed by atoms with Gasteiger partial charge in [0.15, 0.2) is 0 Å². The summed E-state index contributed by atoms with van der Waals surface area (Å²) in [7, 11) is 0. The number of halogens is 1. The van der Waals surface area contributed by atoms with Crippen LogP contribution in [0, 0.1) is 13.8 Å². The van der Waals surface area contributed by atoms with Crippen LogP contribution in [0.15, 0.2) is 17.5 Å². The van der Waals surface area contributed by atoms with Crippen LogP contribution in [0.5, 0.6) is 0 Å². The summed E-state index contributed by atoms with van der Waals surface area (Å²) >= 11 is 8.80. The molecule has 2 aromatic rings. The minimum absolute atomic E-state index is 0.0647. The van der Waals surface area contributed by atoms with Crippen molar-refractivity contribution in [3.8, 4) is 0 Å². The topological polar surface area (TPSA) is 29.1 Å². The zero-order valence-electron chi connectivity index (χ0n) is 9.54. The highest BCUT2D eigenvalue weighted by Crippen LogP contribution is 2.22. The van der Waals surface area contributed by atoms with Crippen LogP contribution in [0.25, 0.3) is 0 Å². The number of aryl methyl sites for hydroxylation is 1. The van der Waals surface area contributed by atoms with E-state index in [-0.39, 0.29) is 5.91 Å². The Hall–Kier alpha value is -0.840. The molecule has 0 radical (unpaired) electrons. The Balaban J connectivity index is 1.99. The molecule has 0 fully saturated rings. The van der Waals surface area contributed by atoms with E-state index >= 15 is 0 Å². The maximum absolute atomic E-state index is 11.8. The molecule has 1 amide bonds. The normalized spacial score (nSPS) is 10.5. The second kappa shape index (κ2) is 5.21. The van der Waals surface area contributed by atoms with Crippen molar-refractivity contribution < 1.29 is 4.79 Å². The standard InChI is InChI=1S/C12H12ClNOS2/c1-7-8(2)16-6-9(7)5-14-12(15)10-3-4-11(13)17-10/h3-4,6H,5H2,1-2H3,(H,14,15). The molecule has 0 unspecified atom stereocenters. The van der Waals surface area contributed by atoms with E-state index in [4.69, 9.17) is 11.6 Å². The summed E-state index contributed by atoms with van der Waals surface area (Å²) in [6.07, 6.45) is 0. The van der Waals surface area contributed by atoms with Crippen LogP contribution in [-0.2, 0) is 6.54 Å². The van der Waals surface area contributed by atoms with Gasteiger partial charge in [0.1, 0.15) is 0 Å². The third-order valence-electron chi connectivity index (χ3n) is 2.62. The highest BCUT2D eigenvalue weighted by Gasteiger charge is 2.10. The van der Waals surface area contributed by atoms with Crippen LogP contribution < -0.4 is 5.32 Å². The van der Waals surface area contributed by atoms with E-state index in [0.717, 1.165) is 0 Å². The molecule has 0 aliphatic carbocycles. The second-order valence-electron chi connectivity index (χ2n) is 3.73. The van der Waals surface area contributed by atoms with Crippen LogP contribution in [0.2, 0.25) is 4.34 Å². The molecule has 0 aliphatic rings. The van der Waals surface area contributed by atoms with Crippen LogP contribution in [0.4, 0.5) is 0 Å². The zero-order valence-corrected chi connectivity index (χ0v) is 11.9. The fraction of sp³-hybridized carbons (Fsp3) is 0.250. The molecule has 0 bridgehead atoms. The smallest absolute Gasteiger partial charge is 0.261 e. The average Bonchev–Trinajstić information content (AvgIpc) is 2.86. The van der Waals surface area contributed by atoms with Gasteiger partial charge in [-0.2, -0.15) is 0 Å². The molecule has 2 heterocycles. The Morgan fingerprint density at radius 3 is 2.71 bits per heavy atom. The molecule has 0 saturated heterocycles. The summed E-state index contributed by atoms with van der Waals surface area (Å²) < 4.78 is 0.637. The first kappa shape index (κ1) is 12.6. The minimum Gasteiger partial charge on any atom is -0.347 e. The van der Waals surface area contributed by atoms with Crippen LogP contribution in [0.3, 0.4) is 0 Å². The van der Waals surface area contributed by atoms with E-state index in [1.807, 2.05) is 0 Å². The summed E-state index contributed by atoms with van der Waals surface area (Å²) in [6.45, 7) is 4.74. The molecule has 1 N–H and O–H groups in total. The molecular formula is C12H12ClNOS2. The van der Waals surface area contributed by atoms with E-state index in [1.54, 1.807) is 23.5 Å². The van der Waals surface area contributed by atoms with Crippen molar-refractivity contribution in [2.45, 2.75) is 20.4 Å². The predicted octanol–water partition coefficient (Wildman–Crippen LogP) is 4.01. The van der Waals surface area contributed by atoms with Gasteiger partial charge in [0.25, 0.3) is 5.91 Å². The van der Waals surface area contributed by atoms with E-state index in [9.17, 15) is 4.79 Å². The molecule has 5 heteroatoms. The van der Waals surface area contributed by atoms with Crippen LogP contribution in [-0.4, -0.2) is 5.91 Å². The van der Waals surface area contributed by atoms with Crippen LogP contribution >= 0.6 is 34.3 Å². The van der Waals surface area contributed by atoms with Crippen molar-refractivity contribution in [1.82, 2.24) is 5.32 Å². The van der Waals surface area contributed by atoms with E-state index in [1.165, 1.54) is 27.3 Å². The van der Waals surface area contributed by atoms with Crippen molar-refractivity contribution in [3.63, 3.8) is 0 Å². The molecule has 2 rings (SSSR count). The fourth-order valence-corrected chi connectivity index (χ4v) is 3.28. The maximum Gasteiger partial charge on any atom is 0.261 e. The molecule has 0 saturated carbocycles. The molecule has 0 atom stereocenters. The highest BCUT2D eigenvalue weighted by molar-refractivity contribution is 7.18. The van der Waals surface area contributed by atoms with Gasteiger partial charge in [-0.15, -0.1) is 22.7 Å². The molecule has 90 valence electrons. The first-order valence-electron chi connectivity index (χ1n) is 5.15. The first-order chi connectivity index (χ1) is 8.08. The largest absolute Gasteiger partial charge is 0.347 e. The lowest BCUT2D eigenvalue weighted by molar-refractivity contribution is 0.0955. The van der Waals surface area contributed by atoms with Crippen molar-refractivity contribution in [3.05, 3.63) is 42.7 Å². The molecular weight excluding hydrogens is 274 g/mol. The number of hydrogen-bond donors (Lipinski definition) is 1. The number of hydrogen-bond acceptors (Lipinski definition) is 3. The zero-order chi connectivity index (χ0) is 12.4. The van der Waals surface area contributed by atoms with Crippen molar-refractivity contribution in [2.75, 3.05) is 0 Å². The van der Waals surface area contributed by atoms with Gasteiger partial charge in [0.2, 0.25) is 0 Å². The first-order valence-corrected chi connectivity index (χ1v) is 7.22. The highest BCUT2D eigenvalue weighted by atomic mass is 35.5. The van der Waals surface area contributed by atoms with Gasteiger partial charge in [-0.25, -0.2) is 0 Å². The Morgan fingerprint density at radius 1 is 1.41 bits per heavy atom. The molecule has 0 aromatic carbocycles. The van der Waals surface area contributed by atoms with Gasteiger partial charge in [-0.3, -0.25) is 4.79 Å². The van der Waals surface area contributed by atoms with Gasteiger partial charge in [0.05, 0.1) is 9.21 Å². The SMILES string of the molecule is Cc1scc(CNC(=O)c2ccc(Cl)s2)c1C. The molecule has 0 spiro atoms. The molecule has 2 nitrogen and oxygen atoms in total. The molecule has 17 heavy (non-hydrogen) atoms. The Bertz CT molecular complexity index is 544. The lowest BCUT2D eigenvalue weighted by Gasteiger charge is -2.03. The third kappa shape index (κ3) is 2.89. The number of amides is 1. The number of carbonyl (C=O) groups excluding carboxylic acids is 1. The summed E-state index contributed by atoms with van der Waals surface area (Å²) in [6, 6.07) is 3.48. The van der Waals surface area contributed by atoms with Gasteiger partial charge < -0.3 is 5.32 Å². The molecule has 2 aromatic heterocycles. The Morgan fingerprint density at radius 2 is 2.18 bits per heavy atom. The lowest BCUT2D eigenvalue weighted by Crippen LogP contribution is -2.21. The number of carbonyl (C=O) groups is 1. The van der Waals surface area contributed by atoms with Crippen LogP contribution in [0.1, 0.15) is 25.7 Å². The van der Waals surface area contributed by atoms with Crippen molar-refractivity contribution >= 4 is 40.2 Å². The predicted molar refractivity (Wildman–Crippen MR) is 74.3 cm³/mol. The van der Waals surface area contributed by atoms with Gasteiger partial charge >= 0.3 is 0 Å². The lowest BCUT2D eigenvalue weighted by atomic mass is 10.2.